The molecule has 3 aromatic rings. The SMILES string of the molecule is CCOC(=O)Cn1c(=NC(=O)C2CCCN2S(=O)(=O)c2cccs2)sc2cc(OC)c(OC)cc21. The van der Waals surface area contributed by atoms with Crippen molar-refractivity contribution in [3.05, 3.63) is 34.4 Å². The van der Waals surface area contributed by atoms with E-state index in [2.05, 4.69) is 4.99 Å². The van der Waals surface area contributed by atoms with Crippen LogP contribution in [0.15, 0.2) is 38.8 Å². The Morgan fingerprint density at radius 3 is 2.60 bits per heavy atom. The molecule has 188 valence electrons. The Balaban J connectivity index is 1.78. The summed E-state index contributed by atoms with van der Waals surface area (Å²) in [4.78, 5) is 30.2. The number of esters is 1. The largest absolute Gasteiger partial charge is 0.493 e. The molecule has 2 aromatic heterocycles. The molecular weight excluding hydrogens is 514 g/mol. The van der Waals surface area contributed by atoms with E-state index in [4.69, 9.17) is 14.2 Å². The summed E-state index contributed by atoms with van der Waals surface area (Å²) >= 11 is 2.30. The summed E-state index contributed by atoms with van der Waals surface area (Å²) in [7, 11) is -0.782. The number of hydrogen-bond acceptors (Lipinski definition) is 9. The highest BCUT2D eigenvalue weighted by atomic mass is 32.2. The molecule has 1 aliphatic heterocycles. The standard InChI is InChI=1S/C22H25N3O7S3/c1-4-32-19(26)13-24-15-11-16(30-2)17(31-3)12-18(15)34-22(24)23-21(27)14-7-5-9-25(14)35(28,29)20-8-6-10-33-20/h6,8,10-12,14H,4-5,7,9,13H2,1-3H3. The van der Waals surface area contributed by atoms with E-state index in [1.165, 1.54) is 35.9 Å². The minimum absolute atomic E-state index is 0.169. The maximum atomic E-state index is 13.3. The number of carbonyl (C=O) groups excluding carboxylic acids is 2. The number of nitrogens with zero attached hydrogens (tertiary/aromatic N) is 3. The van der Waals surface area contributed by atoms with Crippen molar-refractivity contribution in [1.29, 1.82) is 0 Å². The molecule has 1 amide bonds. The molecule has 0 bridgehead atoms. The van der Waals surface area contributed by atoms with Crippen molar-refractivity contribution in [3.63, 3.8) is 0 Å². The Bertz CT molecular complexity index is 1410. The summed E-state index contributed by atoms with van der Waals surface area (Å²) in [6.07, 6.45) is 0.928. The highest BCUT2D eigenvalue weighted by molar-refractivity contribution is 7.91. The Morgan fingerprint density at radius 2 is 1.94 bits per heavy atom. The van der Waals surface area contributed by atoms with Crippen LogP contribution in [-0.4, -0.2) is 62.6 Å². The maximum absolute atomic E-state index is 13.3. The molecule has 3 heterocycles. The fourth-order valence-electron chi connectivity index (χ4n) is 3.94. The number of ether oxygens (including phenoxy) is 3. The fourth-order valence-corrected chi connectivity index (χ4v) is 7.76. The zero-order valence-corrected chi connectivity index (χ0v) is 21.9. The van der Waals surface area contributed by atoms with Crippen molar-refractivity contribution >= 4 is 54.8 Å². The van der Waals surface area contributed by atoms with Gasteiger partial charge in [0.1, 0.15) is 16.8 Å². The number of fused-ring (bicyclic) bond motifs is 1. The highest BCUT2D eigenvalue weighted by Crippen LogP contribution is 2.34. The number of aromatic nitrogens is 1. The van der Waals surface area contributed by atoms with Gasteiger partial charge in [0.2, 0.25) is 0 Å². The van der Waals surface area contributed by atoms with Crippen LogP contribution in [0, 0.1) is 0 Å². The summed E-state index contributed by atoms with van der Waals surface area (Å²) in [5.41, 5.74) is 0.613. The summed E-state index contributed by atoms with van der Waals surface area (Å²) in [6.45, 7) is 1.99. The van der Waals surface area contributed by atoms with Crippen LogP contribution in [0.2, 0.25) is 0 Å². The quantitative estimate of drug-likeness (QED) is 0.404. The third kappa shape index (κ3) is 4.99. The van der Waals surface area contributed by atoms with Crippen molar-refractivity contribution in [1.82, 2.24) is 8.87 Å². The number of methoxy groups -OCH3 is 2. The van der Waals surface area contributed by atoms with E-state index in [-0.39, 0.29) is 28.7 Å². The molecule has 0 radical (unpaired) electrons. The molecule has 4 rings (SSSR count). The fraction of sp³-hybridized carbons (Fsp3) is 0.409. The zero-order chi connectivity index (χ0) is 25.2. The lowest BCUT2D eigenvalue weighted by Crippen LogP contribution is -2.40. The van der Waals surface area contributed by atoms with Crippen molar-refractivity contribution < 1.29 is 32.2 Å². The predicted octanol–water partition coefficient (Wildman–Crippen LogP) is 2.63. The molecule has 1 saturated heterocycles. The first-order valence-electron chi connectivity index (χ1n) is 10.8. The van der Waals surface area contributed by atoms with E-state index in [9.17, 15) is 18.0 Å². The highest BCUT2D eigenvalue weighted by Gasteiger charge is 2.40. The Labute approximate surface area is 210 Å². The summed E-state index contributed by atoms with van der Waals surface area (Å²) in [6, 6.07) is 5.72. The minimum Gasteiger partial charge on any atom is -0.493 e. The van der Waals surface area contributed by atoms with Gasteiger partial charge in [-0.3, -0.25) is 9.59 Å². The van der Waals surface area contributed by atoms with E-state index in [1.807, 2.05) is 0 Å². The summed E-state index contributed by atoms with van der Waals surface area (Å²) in [5.74, 6) is -0.118. The van der Waals surface area contributed by atoms with E-state index in [0.29, 0.717) is 34.6 Å². The second-order valence-corrected chi connectivity index (χ2v) is 11.7. The summed E-state index contributed by atoms with van der Waals surface area (Å²) in [5, 5.41) is 1.68. The maximum Gasteiger partial charge on any atom is 0.326 e. The van der Waals surface area contributed by atoms with Crippen molar-refractivity contribution in [3.8, 4) is 11.5 Å². The van der Waals surface area contributed by atoms with Crippen LogP contribution in [0.5, 0.6) is 11.5 Å². The predicted molar refractivity (Wildman–Crippen MR) is 131 cm³/mol. The third-order valence-electron chi connectivity index (χ3n) is 5.53. The van der Waals surface area contributed by atoms with Gasteiger partial charge in [-0.25, -0.2) is 8.42 Å². The van der Waals surface area contributed by atoms with Crippen LogP contribution in [-0.2, 0) is 30.9 Å². The molecule has 1 atom stereocenters. The van der Waals surface area contributed by atoms with Gasteiger partial charge < -0.3 is 18.8 Å². The van der Waals surface area contributed by atoms with Crippen LogP contribution in [0.4, 0.5) is 0 Å². The Kier molecular flexibility index (Phi) is 7.59. The molecule has 0 N–H and O–H groups in total. The van der Waals surface area contributed by atoms with Gasteiger partial charge in [-0.05, 0) is 31.2 Å². The summed E-state index contributed by atoms with van der Waals surface area (Å²) < 4.78 is 45.7. The lowest BCUT2D eigenvalue weighted by Gasteiger charge is -2.20. The molecule has 0 spiro atoms. The second kappa shape index (κ2) is 10.5. The van der Waals surface area contributed by atoms with Crippen LogP contribution < -0.4 is 14.3 Å². The van der Waals surface area contributed by atoms with Gasteiger partial charge in [0.15, 0.2) is 16.3 Å². The Hall–Kier alpha value is -2.74. The van der Waals surface area contributed by atoms with Gasteiger partial charge in [-0.2, -0.15) is 9.30 Å². The number of amides is 1. The number of rotatable bonds is 8. The van der Waals surface area contributed by atoms with Crippen LogP contribution in [0.1, 0.15) is 19.8 Å². The van der Waals surface area contributed by atoms with Gasteiger partial charge in [0.05, 0.1) is 31.0 Å². The van der Waals surface area contributed by atoms with Crippen LogP contribution in [0.25, 0.3) is 10.2 Å². The first-order chi connectivity index (χ1) is 16.8. The van der Waals surface area contributed by atoms with Gasteiger partial charge in [-0.15, -0.1) is 11.3 Å². The molecule has 10 nitrogen and oxygen atoms in total. The van der Waals surface area contributed by atoms with E-state index >= 15 is 0 Å². The van der Waals surface area contributed by atoms with E-state index in [0.717, 1.165) is 11.3 Å². The molecule has 1 aromatic carbocycles. The molecule has 1 unspecified atom stereocenters. The smallest absolute Gasteiger partial charge is 0.326 e. The van der Waals surface area contributed by atoms with Crippen molar-refractivity contribution in [2.45, 2.75) is 36.6 Å². The number of carbonyl (C=O) groups is 2. The molecule has 35 heavy (non-hydrogen) atoms. The number of hydrogen-bond donors (Lipinski definition) is 0. The molecule has 0 aliphatic carbocycles. The number of thiazole rings is 1. The van der Waals surface area contributed by atoms with Gasteiger partial charge in [-0.1, -0.05) is 17.4 Å². The number of thiophene rings is 1. The van der Waals surface area contributed by atoms with Crippen LogP contribution in [0.3, 0.4) is 0 Å². The zero-order valence-electron chi connectivity index (χ0n) is 19.4. The third-order valence-corrected chi connectivity index (χ3v) is 9.86. The molecule has 13 heteroatoms. The van der Waals surface area contributed by atoms with E-state index in [1.54, 1.807) is 35.1 Å². The van der Waals surface area contributed by atoms with Gasteiger partial charge in [0, 0.05) is 18.7 Å². The first kappa shape index (κ1) is 25.4. The van der Waals surface area contributed by atoms with Crippen molar-refractivity contribution in [2.24, 2.45) is 4.99 Å². The van der Waals surface area contributed by atoms with Gasteiger partial charge in [0.25, 0.3) is 15.9 Å². The van der Waals surface area contributed by atoms with E-state index < -0.39 is 27.9 Å². The Morgan fingerprint density at radius 1 is 1.20 bits per heavy atom. The lowest BCUT2D eigenvalue weighted by molar-refractivity contribution is -0.143. The monoisotopic (exact) mass is 539 g/mol. The molecule has 1 fully saturated rings. The number of benzene rings is 1. The normalized spacial score (nSPS) is 17.1. The van der Waals surface area contributed by atoms with Crippen LogP contribution >= 0.6 is 22.7 Å². The van der Waals surface area contributed by atoms with Gasteiger partial charge >= 0.3 is 5.97 Å². The number of sulfonamides is 1. The molecule has 1 aliphatic rings. The second-order valence-electron chi connectivity index (χ2n) is 7.61. The average Bonchev–Trinajstić information content (AvgIpc) is 3.59. The molecular formula is C22H25N3O7S3. The van der Waals surface area contributed by atoms with Crippen molar-refractivity contribution in [2.75, 3.05) is 27.4 Å². The first-order valence-corrected chi connectivity index (χ1v) is 14.0. The molecule has 0 saturated carbocycles. The topological polar surface area (TPSA) is 116 Å². The minimum atomic E-state index is -3.80. The average molecular weight is 540 g/mol. The lowest BCUT2D eigenvalue weighted by atomic mass is 10.2.